The van der Waals surface area contributed by atoms with E-state index in [1.165, 1.54) is 36.4 Å². The summed E-state index contributed by atoms with van der Waals surface area (Å²) in [4.78, 5) is 23.5. The van der Waals surface area contributed by atoms with Gasteiger partial charge in [0.15, 0.2) is 5.82 Å². The van der Waals surface area contributed by atoms with Gasteiger partial charge >= 0.3 is 0 Å². The molecule has 45 heavy (non-hydrogen) atoms. The van der Waals surface area contributed by atoms with Gasteiger partial charge < -0.3 is 15.0 Å². The summed E-state index contributed by atoms with van der Waals surface area (Å²) < 4.78 is 61.3. The number of halogens is 4. The van der Waals surface area contributed by atoms with Crippen molar-refractivity contribution in [2.75, 3.05) is 0 Å². The average molecular weight is 601 g/mol. The van der Waals surface area contributed by atoms with Crippen LogP contribution in [0.3, 0.4) is 0 Å². The van der Waals surface area contributed by atoms with E-state index in [-0.39, 0.29) is 22.3 Å². The SMILES string of the molecule is Fc1cccc(F)c1-c1c2nc(c3ccc([nH]3)c(-c3c(F)cccc3F)c3ccc([nH]3)c(-c3ncccn3)c3ccc1[nH]3)C=C2. The molecule has 3 N–H and O–H groups in total. The number of nitrogens with zero attached hydrogens (tertiary/aromatic N) is 3. The first kappa shape index (κ1) is 26.6. The van der Waals surface area contributed by atoms with Crippen molar-refractivity contribution >= 4 is 45.3 Å². The van der Waals surface area contributed by atoms with E-state index in [4.69, 9.17) is 4.98 Å². The minimum atomic E-state index is -0.749. The van der Waals surface area contributed by atoms with Crippen LogP contribution < -0.4 is 0 Å². The third-order valence-electron chi connectivity index (χ3n) is 7.79. The Labute approximate surface area is 252 Å². The van der Waals surface area contributed by atoms with E-state index < -0.39 is 23.3 Å². The van der Waals surface area contributed by atoms with Crippen molar-refractivity contribution in [2.24, 2.45) is 0 Å². The first-order valence-corrected chi connectivity index (χ1v) is 14.0. The lowest BCUT2D eigenvalue weighted by Crippen LogP contribution is -1.93. The maximum atomic E-state index is 15.3. The number of rotatable bonds is 3. The third kappa shape index (κ3) is 4.37. The number of H-pyrrole nitrogens is 3. The summed E-state index contributed by atoms with van der Waals surface area (Å²) in [7, 11) is 0. The summed E-state index contributed by atoms with van der Waals surface area (Å²) in [6.45, 7) is 0. The van der Waals surface area contributed by atoms with E-state index in [9.17, 15) is 0 Å². The third-order valence-corrected chi connectivity index (χ3v) is 7.79. The summed E-state index contributed by atoms with van der Waals surface area (Å²) >= 11 is 0. The lowest BCUT2D eigenvalue weighted by atomic mass is 10.0. The molecule has 0 fully saturated rings. The average Bonchev–Trinajstić information content (AvgIpc) is 3.86. The molecule has 7 aromatic rings. The monoisotopic (exact) mass is 600 g/mol. The molecule has 0 amide bonds. The summed E-state index contributed by atoms with van der Waals surface area (Å²) in [5.41, 5.74) is 4.17. The summed E-state index contributed by atoms with van der Waals surface area (Å²) in [6, 6.07) is 19.5. The van der Waals surface area contributed by atoms with Crippen molar-refractivity contribution < 1.29 is 17.6 Å². The standard InChI is InChI=1S/C35H20F4N6/c36-18-4-1-5-19(37)30(18)32-24-10-8-22(42-24)23-9-11-25(43-23)33(31-20(38)6-2-7-21(31)39)27-13-15-29(45-27)34(28-14-12-26(32)44-28)35-40-16-3-17-41-35/h1-17,42,44-45H. The van der Waals surface area contributed by atoms with Gasteiger partial charge in [0, 0.05) is 40.1 Å². The van der Waals surface area contributed by atoms with Crippen LogP contribution >= 0.6 is 0 Å². The van der Waals surface area contributed by atoms with Gasteiger partial charge in [-0.2, -0.15) is 0 Å². The first-order chi connectivity index (χ1) is 22.0. The van der Waals surface area contributed by atoms with Crippen LogP contribution in [0.15, 0.2) is 91.3 Å². The number of hydrogen-bond donors (Lipinski definition) is 3. The van der Waals surface area contributed by atoms with Crippen LogP contribution in [-0.2, 0) is 0 Å². The predicted octanol–water partition coefficient (Wildman–Crippen LogP) is 9.04. The molecule has 0 unspecified atom stereocenters. The van der Waals surface area contributed by atoms with Crippen LogP contribution in [0.1, 0.15) is 11.4 Å². The molecule has 0 aliphatic carbocycles. The number of aromatic nitrogens is 6. The second-order valence-corrected chi connectivity index (χ2v) is 10.5. The Balaban J connectivity index is 1.60. The van der Waals surface area contributed by atoms with Gasteiger partial charge in [0.1, 0.15) is 23.3 Å². The van der Waals surface area contributed by atoms with E-state index in [1.54, 1.807) is 67.0 Å². The zero-order valence-electron chi connectivity index (χ0n) is 23.2. The largest absolute Gasteiger partial charge is 0.354 e. The zero-order chi connectivity index (χ0) is 30.7. The van der Waals surface area contributed by atoms with E-state index in [2.05, 4.69) is 24.9 Å². The molecule has 8 rings (SSSR count). The van der Waals surface area contributed by atoms with Crippen LogP contribution in [0.2, 0.25) is 0 Å². The van der Waals surface area contributed by atoms with Gasteiger partial charge in [0.25, 0.3) is 0 Å². The molecular weight excluding hydrogens is 580 g/mol. The van der Waals surface area contributed by atoms with E-state index >= 15 is 17.6 Å². The number of fused-ring (bicyclic) bond motifs is 9. The highest BCUT2D eigenvalue weighted by atomic mass is 19.1. The Morgan fingerprint density at radius 1 is 0.400 bits per heavy atom. The minimum Gasteiger partial charge on any atom is -0.354 e. The highest BCUT2D eigenvalue weighted by Gasteiger charge is 2.21. The molecule has 6 heterocycles. The fourth-order valence-corrected chi connectivity index (χ4v) is 5.82. The molecule has 5 aromatic heterocycles. The molecule has 8 bridgehead atoms. The zero-order valence-corrected chi connectivity index (χ0v) is 23.2. The summed E-state index contributed by atoms with van der Waals surface area (Å²) in [6.07, 6.45) is 6.57. The quantitative estimate of drug-likeness (QED) is 0.177. The second kappa shape index (κ2) is 10.3. The summed E-state index contributed by atoms with van der Waals surface area (Å²) in [5, 5.41) is 0. The normalized spacial score (nSPS) is 11.9. The number of hydrogen-bond acceptors (Lipinski definition) is 3. The molecule has 6 nitrogen and oxygen atoms in total. The number of benzene rings is 2. The molecule has 0 saturated carbocycles. The molecule has 0 spiro atoms. The Hall–Kier alpha value is -6.03. The van der Waals surface area contributed by atoms with Gasteiger partial charge in [-0.15, -0.1) is 0 Å². The Morgan fingerprint density at radius 3 is 1.38 bits per heavy atom. The maximum Gasteiger partial charge on any atom is 0.163 e. The highest BCUT2D eigenvalue weighted by molar-refractivity contribution is 5.99. The molecule has 10 heteroatoms. The smallest absolute Gasteiger partial charge is 0.163 e. The van der Waals surface area contributed by atoms with Crippen molar-refractivity contribution in [3.8, 4) is 33.6 Å². The molecule has 0 atom stereocenters. The van der Waals surface area contributed by atoms with E-state index in [1.807, 2.05) is 0 Å². The van der Waals surface area contributed by atoms with E-state index in [0.717, 1.165) is 0 Å². The molecule has 218 valence electrons. The van der Waals surface area contributed by atoms with Crippen molar-refractivity contribution in [1.82, 2.24) is 29.9 Å². The summed E-state index contributed by atoms with van der Waals surface area (Å²) in [5.74, 6) is -2.63. The van der Waals surface area contributed by atoms with Gasteiger partial charge in [-0.1, -0.05) is 12.1 Å². The van der Waals surface area contributed by atoms with Crippen LogP contribution in [0.5, 0.6) is 0 Å². The van der Waals surface area contributed by atoms with Crippen molar-refractivity contribution in [2.45, 2.75) is 0 Å². The predicted molar refractivity (Wildman–Crippen MR) is 167 cm³/mol. The Bertz CT molecular complexity index is 2400. The molecular formula is C35H20F4N6. The molecule has 0 radical (unpaired) electrons. The fourth-order valence-electron chi connectivity index (χ4n) is 5.82. The van der Waals surface area contributed by atoms with Crippen molar-refractivity contribution in [1.29, 1.82) is 0 Å². The number of aromatic amines is 3. The van der Waals surface area contributed by atoms with Crippen LogP contribution in [0.25, 0.3) is 78.9 Å². The second-order valence-electron chi connectivity index (χ2n) is 10.5. The first-order valence-electron chi connectivity index (χ1n) is 14.0. The minimum absolute atomic E-state index is 0.214. The molecule has 1 aliphatic rings. The van der Waals surface area contributed by atoms with E-state index in [0.29, 0.717) is 55.9 Å². The van der Waals surface area contributed by atoms with Crippen LogP contribution in [0, 0.1) is 23.3 Å². The van der Waals surface area contributed by atoms with Gasteiger partial charge in [0.2, 0.25) is 0 Å². The van der Waals surface area contributed by atoms with Crippen LogP contribution in [0.4, 0.5) is 17.6 Å². The Kier molecular flexibility index (Phi) is 6.09. The maximum absolute atomic E-state index is 15.3. The number of nitrogens with one attached hydrogen (secondary N) is 3. The highest BCUT2D eigenvalue weighted by Crippen LogP contribution is 2.37. The molecule has 1 aliphatic heterocycles. The van der Waals surface area contributed by atoms with Crippen LogP contribution in [-0.4, -0.2) is 29.9 Å². The van der Waals surface area contributed by atoms with Gasteiger partial charge in [-0.3, -0.25) is 0 Å². The topological polar surface area (TPSA) is 86.0 Å². The molecule has 0 saturated heterocycles. The van der Waals surface area contributed by atoms with Crippen molar-refractivity contribution in [3.05, 3.63) is 126 Å². The van der Waals surface area contributed by atoms with Gasteiger partial charge in [-0.05, 0) is 78.9 Å². The lowest BCUT2D eigenvalue weighted by Gasteiger charge is -2.07. The van der Waals surface area contributed by atoms with Gasteiger partial charge in [-0.25, -0.2) is 32.5 Å². The fraction of sp³-hybridized carbons (Fsp3) is 0. The Morgan fingerprint density at radius 2 is 0.822 bits per heavy atom. The van der Waals surface area contributed by atoms with Crippen molar-refractivity contribution in [3.63, 3.8) is 0 Å². The molecule has 2 aromatic carbocycles. The van der Waals surface area contributed by atoms with Gasteiger partial charge in [0.05, 0.1) is 44.6 Å². The lowest BCUT2D eigenvalue weighted by molar-refractivity contribution is 0.589.